The Balaban J connectivity index is 1.58. The summed E-state index contributed by atoms with van der Waals surface area (Å²) in [7, 11) is 1.95. The van der Waals surface area contributed by atoms with Crippen LogP contribution in [0.2, 0.25) is 0 Å². The Labute approximate surface area is 161 Å². The molecule has 146 valence electrons. The number of benzene rings is 1. The van der Waals surface area contributed by atoms with Crippen molar-refractivity contribution in [2.75, 3.05) is 19.7 Å². The number of hydrogen-bond acceptors (Lipinski definition) is 3. The van der Waals surface area contributed by atoms with Crippen LogP contribution in [0.3, 0.4) is 0 Å². The molecule has 6 heteroatoms. The van der Waals surface area contributed by atoms with Gasteiger partial charge in [0.25, 0.3) is 0 Å². The van der Waals surface area contributed by atoms with Crippen molar-refractivity contribution in [2.45, 2.75) is 46.1 Å². The minimum Gasteiger partial charge on any atom is -0.494 e. The summed E-state index contributed by atoms with van der Waals surface area (Å²) in [4.78, 5) is 14.7. The van der Waals surface area contributed by atoms with E-state index in [0.717, 1.165) is 42.9 Å². The van der Waals surface area contributed by atoms with Crippen molar-refractivity contribution < 1.29 is 9.53 Å². The van der Waals surface area contributed by atoms with Gasteiger partial charge in [0, 0.05) is 25.8 Å². The van der Waals surface area contributed by atoms with E-state index in [1.165, 1.54) is 11.1 Å². The second-order valence-corrected chi connectivity index (χ2v) is 7.11. The van der Waals surface area contributed by atoms with Crippen LogP contribution in [-0.2, 0) is 13.5 Å². The van der Waals surface area contributed by atoms with Gasteiger partial charge in [-0.3, -0.25) is 4.68 Å². The predicted octanol–water partition coefficient (Wildman–Crippen LogP) is 3.52. The molecule has 1 saturated heterocycles. The van der Waals surface area contributed by atoms with Gasteiger partial charge < -0.3 is 15.0 Å². The molecule has 0 aliphatic carbocycles. The zero-order valence-corrected chi connectivity index (χ0v) is 16.8. The summed E-state index contributed by atoms with van der Waals surface area (Å²) in [6, 6.07) is 8.28. The molecule has 0 radical (unpaired) electrons. The van der Waals surface area contributed by atoms with Crippen LogP contribution >= 0.6 is 0 Å². The summed E-state index contributed by atoms with van der Waals surface area (Å²) in [5.74, 6) is 0.873. The second kappa shape index (κ2) is 8.46. The lowest BCUT2D eigenvalue weighted by atomic mass is 10.0. The Morgan fingerprint density at radius 2 is 2.04 bits per heavy atom. The van der Waals surface area contributed by atoms with Crippen LogP contribution in [0.15, 0.2) is 24.3 Å². The van der Waals surface area contributed by atoms with Gasteiger partial charge in [0.15, 0.2) is 0 Å². The monoisotopic (exact) mass is 370 g/mol. The van der Waals surface area contributed by atoms with Crippen molar-refractivity contribution in [1.82, 2.24) is 20.0 Å². The predicted molar refractivity (Wildman–Crippen MR) is 106 cm³/mol. The molecule has 1 fully saturated rings. The molecule has 0 saturated carbocycles. The van der Waals surface area contributed by atoms with Gasteiger partial charge in [0.1, 0.15) is 5.75 Å². The molecule has 1 N–H and O–H groups in total. The Morgan fingerprint density at radius 3 is 2.67 bits per heavy atom. The van der Waals surface area contributed by atoms with Crippen molar-refractivity contribution in [3.05, 3.63) is 46.8 Å². The Morgan fingerprint density at radius 1 is 1.30 bits per heavy atom. The first-order chi connectivity index (χ1) is 13.0. The number of ether oxygens (including phenoxy) is 1. The highest BCUT2D eigenvalue weighted by atomic mass is 16.5. The Hall–Kier alpha value is -2.50. The summed E-state index contributed by atoms with van der Waals surface area (Å²) in [6.07, 6.45) is 2.84. The highest BCUT2D eigenvalue weighted by Crippen LogP contribution is 2.32. The Bertz CT molecular complexity index is 782. The number of hydrogen-bond donors (Lipinski definition) is 1. The smallest absolute Gasteiger partial charge is 0.317 e. The van der Waals surface area contributed by atoms with Gasteiger partial charge in [-0.1, -0.05) is 12.1 Å². The Kier molecular flexibility index (Phi) is 6.04. The SMILES string of the molecule is CCOc1ccc(C2CCCN2C(=O)NCCc2c(C)nn(C)c2C)cc1. The first-order valence-corrected chi connectivity index (χ1v) is 9.77. The second-order valence-electron chi connectivity index (χ2n) is 7.11. The molecular weight excluding hydrogens is 340 g/mol. The van der Waals surface area contributed by atoms with Gasteiger partial charge in [-0.2, -0.15) is 5.10 Å². The fourth-order valence-electron chi connectivity index (χ4n) is 3.88. The highest BCUT2D eigenvalue weighted by molar-refractivity contribution is 5.75. The third kappa shape index (κ3) is 4.26. The largest absolute Gasteiger partial charge is 0.494 e. The minimum absolute atomic E-state index is 0.0191. The van der Waals surface area contributed by atoms with Crippen LogP contribution in [0.4, 0.5) is 4.79 Å². The van der Waals surface area contributed by atoms with Gasteiger partial charge >= 0.3 is 6.03 Å². The lowest BCUT2D eigenvalue weighted by Gasteiger charge is -2.25. The van der Waals surface area contributed by atoms with E-state index in [1.54, 1.807) is 0 Å². The van der Waals surface area contributed by atoms with Gasteiger partial charge in [0.2, 0.25) is 0 Å². The number of nitrogens with zero attached hydrogens (tertiary/aromatic N) is 3. The highest BCUT2D eigenvalue weighted by Gasteiger charge is 2.29. The zero-order valence-electron chi connectivity index (χ0n) is 16.8. The van der Waals surface area contributed by atoms with Crippen LogP contribution in [-0.4, -0.2) is 40.4 Å². The molecule has 1 aromatic heterocycles. The maximum absolute atomic E-state index is 12.7. The van der Waals surface area contributed by atoms with Crippen molar-refractivity contribution in [2.24, 2.45) is 7.05 Å². The van der Waals surface area contributed by atoms with E-state index >= 15 is 0 Å². The minimum atomic E-state index is 0.0191. The first-order valence-electron chi connectivity index (χ1n) is 9.77. The third-order valence-electron chi connectivity index (χ3n) is 5.40. The van der Waals surface area contributed by atoms with E-state index in [1.807, 2.05) is 42.6 Å². The fraction of sp³-hybridized carbons (Fsp3) is 0.524. The average Bonchev–Trinajstić information content (AvgIpc) is 3.23. The van der Waals surface area contributed by atoms with Gasteiger partial charge in [0.05, 0.1) is 18.3 Å². The lowest BCUT2D eigenvalue weighted by molar-refractivity contribution is 0.193. The molecule has 0 bridgehead atoms. The molecule has 6 nitrogen and oxygen atoms in total. The molecule has 1 aromatic carbocycles. The number of nitrogens with one attached hydrogen (secondary N) is 1. The fourth-order valence-corrected chi connectivity index (χ4v) is 3.88. The van der Waals surface area contributed by atoms with Crippen molar-refractivity contribution in [3.63, 3.8) is 0 Å². The first kappa shape index (κ1) is 19.3. The van der Waals surface area contributed by atoms with Crippen molar-refractivity contribution in [1.29, 1.82) is 0 Å². The standard InChI is InChI=1S/C21H30N4O2/c1-5-27-18-10-8-17(9-11-18)20-7-6-14-25(20)21(26)22-13-12-19-15(2)23-24(4)16(19)3/h8-11,20H,5-7,12-14H2,1-4H3,(H,22,26). The molecule has 2 aromatic rings. The lowest BCUT2D eigenvalue weighted by Crippen LogP contribution is -2.40. The van der Waals surface area contributed by atoms with E-state index in [2.05, 4.69) is 29.5 Å². The number of urea groups is 1. The van der Waals surface area contributed by atoms with Crippen molar-refractivity contribution >= 4 is 6.03 Å². The molecule has 0 spiro atoms. The molecule has 1 aliphatic heterocycles. The number of amides is 2. The molecular formula is C21H30N4O2. The van der Waals surface area contributed by atoms with Crippen LogP contribution in [0.25, 0.3) is 0 Å². The van der Waals surface area contributed by atoms with Gasteiger partial charge in [-0.05, 0) is 63.3 Å². The summed E-state index contributed by atoms with van der Waals surface area (Å²) < 4.78 is 7.41. The van der Waals surface area contributed by atoms with E-state index < -0.39 is 0 Å². The van der Waals surface area contributed by atoms with Crippen molar-refractivity contribution in [3.8, 4) is 5.75 Å². The van der Waals surface area contributed by atoms with Crippen LogP contribution in [0.1, 0.15) is 48.3 Å². The third-order valence-corrected chi connectivity index (χ3v) is 5.40. The number of rotatable bonds is 6. The summed E-state index contributed by atoms with van der Waals surface area (Å²) in [6.45, 7) is 8.15. The molecule has 1 unspecified atom stereocenters. The summed E-state index contributed by atoms with van der Waals surface area (Å²) >= 11 is 0. The topological polar surface area (TPSA) is 59.4 Å². The molecule has 1 aliphatic rings. The number of carbonyl (C=O) groups excluding carboxylic acids is 1. The van der Waals surface area contributed by atoms with E-state index in [-0.39, 0.29) is 12.1 Å². The number of carbonyl (C=O) groups is 1. The van der Waals surface area contributed by atoms with Crippen LogP contribution in [0.5, 0.6) is 5.75 Å². The molecule has 27 heavy (non-hydrogen) atoms. The number of aromatic nitrogens is 2. The van der Waals surface area contributed by atoms with Crippen LogP contribution < -0.4 is 10.1 Å². The number of likely N-dealkylation sites (tertiary alicyclic amines) is 1. The molecule has 3 rings (SSSR count). The van der Waals surface area contributed by atoms with Gasteiger partial charge in [-0.15, -0.1) is 0 Å². The maximum Gasteiger partial charge on any atom is 0.317 e. The average molecular weight is 370 g/mol. The van der Waals surface area contributed by atoms with Gasteiger partial charge in [-0.25, -0.2) is 4.79 Å². The van der Waals surface area contributed by atoms with E-state index in [9.17, 15) is 4.79 Å². The molecule has 2 heterocycles. The quantitative estimate of drug-likeness (QED) is 0.846. The summed E-state index contributed by atoms with van der Waals surface area (Å²) in [5.41, 5.74) is 4.60. The number of aryl methyl sites for hydroxylation is 2. The normalized spacial score (nSPS) is 16.6. The molecule has 1 atom stereocenters. The molecule has 2 amide bonds. The zero-order chi connectivity index (χ0) is 19.4. The summed E-state index contributed by atoms with van der Waals surface area (Å²) in [5, 5.41) is 7.53. The van der Waals surface area contributed by atoms with E-state index in [0.29, 0.717) is 13.2 Å². The van der Waals surface area contributed by atoms with E-state index in [4.69, 9.17) is 4.74 Å². The maximum atomic E-state index is 12.7. The van der Waals surface area contributed by atoms with Crippen LogP contribution in [0, 0.1) is 13.8 Å².